The molecule has 0 saturated carbocycles. The van der Waals surface area contributed by atoms with E-state index in [-0.39, 0.29) is 0 Å². The maximum absolute atomic E-state index is 9.24. The quantitative estimate of drug-likeness (QED) is 0.367. The normalized spacial score (nSPS) is 49.2. The van der Waals surface area contributed by atoms with E-state index < -0.39 is 36.6 Å². The molecule has 0 aromatic heterocycles. The van der Waals surface area contributed by atoms with Crippen molar-refractivity contribution in [3.63, 3.8) is 0 Å². The summed E-state index contributed by atoms with van der Waals surface area (Å²) < 4.78 is 4.65. The summed E-state index contributed by atoms with van der Waals surface area (Å²) >= 11 is 5.53. The number of ether oxygens (including phenoxy) is 1. The zero-order valence-corrected chi connectivity index (χ0v) is 6.92. The Morgan fingerprint density at radius 3 is 2.25 bits per heavy atom. The van der Waals surface area contributed by atoms with Gasteiger partial charge in [-0.25, -0.2) is 0 Å². The molecule has 1 saturated heterocycles. The Bertz CT molecular complexity index is 150. The Morgan fingerprint density at radius 2 is 1.75 bits per heavy atom. The van der Waals surface area contributed by atoms with E-state index in [4.69, 9.17) is 26.9 Å². The molecule has 5 nitrogen and oxygen atoms in total. The number of halogens is 1. The van der Waals surface area contributed by atoms with Gasteiger partial charge in [0.2, 0.25) is 0 Å². The van der Waals surface area contributed by atoms with Crippen LogP contribution >= 0.6 is 11.6 Å². The first-order valence-electron chi connectivity index (χ1n) is 3.52. The SMILES string of the molecule is OC[C@@H]1O[C@@H](O)[C@@H](O)[C@@H](Cl)[C@@H]1O. The second-order valence-electron chi connectivity index (χ2n) is 2.67. The molecule has 0 aromatic carbocycles. The summed E-state index contributed by atoms with van der Waals surface area (Å²) in [6, 6.07) is 0. The van der Waals surface area contributed by atoms with E-state index in [1.54, 1.807) is 0 Å². The van der Waals surface area contributed by atoms with Gasteiger partial charge in [0.25, 0.3) is 0 Å². The molecule has 4 N–H and O–H groups in total. The summed E-state index contributed by atoms with van der Waals surface area (Å²) in [7, 11) is 0. The second kappa shape index (κ2) is 3.87. The molecule has 0 amide bonds. The van der Waals surface area contributed by atoms with Crippen molar-refractivity contribution in [2.75, 3.05) is 6.61 Å². The number of alkyl halides is 1. The first-order chi connectivity index (χ1) is 5.57. The Hall–Kier alpha value is 0.0900. The topological polar surface area (TPSA) is 90.2 Å². The minimum absolute atomic E-state index is 0.450. The smallest absolute Gasteiger partial charge is 0.182 e. The molecule has 1 rings (SSSR count). The molecule has 72 valence electrons. The zero-order chi connectivity index (χ0) is 9.30. The van der Waals surface area contributed by atoms with Gasteiger partial charge in [-0.2, -0.15) is 0 Å². The van der Waals surface area contributed by atoms with Crippen molar-refractivity contribution in [1.82, 2.24) is 0 Å². The Kier molecular flexibility index (Phi) is 3.28. The maximum Gasteiger partial charge on any atom is 0.182 e. The van der Waals surface area contributed by atoms with Crippen LogP contribution in [-0.2, 0) is 4.74 Å². The second-order valence-corrected chi connectivity index (χ2v) is 3.18. The number of hydrogen-bond donors (Lipinski definition) is 4. The number of hydrogen-bond acceptors (Lipinski definition) is 5. The first-order valence-corrected chi connectivity index (χ1v) is 3.96. The van der Waals surface area contributed by atoms with E-state index in [0.29, 0.717) is 0 Å². The minimum atomic E-state index is -1.45. The molecule has 1 heterocycles. The number of aliphatic hydroxyl groups excluding tert-OH is 4. The van der Waals surface area contributed by atoms with E-state index in [0.717, 1.165) is 0 Å². The van der Waals surface area contributed by atoms with Crippen molar-refractivity contribution >= 4 is 11.6 Å². The molecular weight excluding hydrogens is 188 g/mol. The van der Waals surface area contributed by atoms with Crippen LogP contribution in [-0.4, -0.2) is 57.0 Å². The maximum atomic E-state index is 9.24. The molecule has 0 radical (unpaired) electrons. The van der Waals surface area contributed by atoms with Gasteiger partial charge in [0.1, 0.15) is 18.3 Å². The van der Waals surface area contributed by atoms with Crippen molar-refractivity contribution in [2.24, 2.45) is 0 Å². The molecule has 1 aliphatic heterocycles. The van der Waals surface area contributed by atoms with Crippen molar-refractivity contribution < 1.29 is 25.2 Å². The molecule has 5 atom stereocenters. The summed E-state index contributed by atoms with van der Waals surface area (Å²) in [4.78, 5) is 0. The molecule has 0 bridgehead atoms. The molecule has 0 unspecified atom stereocenters. The monoisotopic (exact) mass is 198 g/mol. The van der Waals surface area contributed by atoms with Crippen molar-refractivity contribution in [2.45, 2.75) is 30.0 Å². The molecule has 0 spiro atoms. The summed E-state index contributed by atoms with van der Waals surface area (Å²) in [5.74, 6) is 0. The first kappa shape index (κ1) is 10.2. The van der Waals surface area contributed by atoms with Gasteiger partial charge in [-0.15, -0.1) is 11.6 Å². The molecule has 1 fully saturated rings. The lowest BCUT2D eigenvalue weighted by atomic mass is 10.0. The fourth-order valence-electron chi connectivity index (χ4n) is 1.06. The lowest BCUT2D eigenvalue weighted by molar-refractivity contribution is -0.249. The predicted octanol–water partition coefficient (Wildman–Crippen LogP) is -1.97. The third-order valence-corrected chi connectivity index (χ3v) is 2.34. The van der Waals surface area contributed by atoms with Gasteiger partial charge in [0, 0.05) is 0 Å². The van der Waals surface area contributed by atoms with Crippen molar-refractivity contribution in [3.8, 4) is 0 Å². The van der Waals surface area contributed by atoms with Crippen LogP contribution in [0.15, 0.2) is 0 Å². The van der Waals surface area contributed by atoms with E-state index in [2.05, 4.69) is 4.74 Å². The minimum Gasteiger partial charge on any atom is -0.394 e. The lowest BCUT2D eigenvalue weighted by Crippen LogP contribution is -2.56. The fraction of sp³-hybridized carbons (Fsp3) is 1.00. The molecule has 12 heavy (non-hydrogen) atoms. The highest BCUT2D eigenvalue weighted by molar-refractivity contribution is 6.21. The van der Waals surface area contributed by atoms with Gasteiger partial charge in [0.15, 0.2) is 6.29 Å². The summed E-state index contributed by atoms with van der Waals surface area (Å²) in [5, 5.41) is 34.9. The highest BCUT2D eigenvalue weighted by Crippen LogP contribution is 2.23. The van der Waals surface area contributed by atoms with Crippen LogP contribution in [0.5, 0.6) is 0 Å². The average molecular weight is 199 g/mol. The highest BCUT2D eigenvalue weighted by Gasteiger charge is 2.42. The summed E-state index contributed by atoms with van der Waals surface area (Å²) in [5.41, 5.74) is 0. The van der Waals surface area contributed by atoms with Crippen LogP contribution < -0.4 is 0 Å². The Labute approximate surface area is 74.2 Å². The van der Waals surface area contributed by atoms with Gasteiger partial charge in [0.05, 0.1) is 12.0 Å². The fourth-order valence-corrected chi connectivity index (χ4v) is 1.34. The number of rotatable bonds is 1. The van der Waals surface area contributed by atoms with Crippen LogP contribution in [0.3, 0.4) is 0 Å². The molecule has 0 aromatic rings. The molecule has 0 aliphatic carbocycles. The van der Waals surface area contributed by atoms with Gasteiger partial charge in [-0.1, -0.05) is 0 Å². The Balaban J connectivity index is 2.63. The van der Waals surface area contributed by atoms with Gasteiger partial charge in [-0.3, -0.25) is 0 Å². The predicted molar refractivity (Wildman–Crippen MR) is 39.6 cm³/mol. The van der Waals surface area contributed by atoms with Crippen LogP contribution in [0.1, 0.15) is 0 Å². The van der Waals surface area contributed by atoms with Crippen molar-refractivity contribution in [3.05, 3.63) is 0 Å². The zero-order valence-electron chi connectivity index (χ0n) is 6.17. The Morgan fingerprint density at radius 1 is 1.17 bits per heavy atom. The highest BCUT2D eigenvalue weighted by atomic mass is 35.5. The van der Waals surface area contributed by atoms with Gasteiger partial charge >= 0.3 is 0 Å². The van der Waals surface area contributed by atoms with Crippen LogP contribution in [0.25, 0.3) is 0 Å². The third-order valence-electron chi connectivity index (χ3n) is 1.82. The standard InChI is InChI=1S/C6H11ClO5/c7-3-4(9)2(1-8)12-6(11)5(3)10/h2-6,8-11H,1H2/t2-,3-,4+,5-,6+/m0/s1. The van der Waals surface area contributed by atoms with Crippen LogP contribution in [0.2, 0.25) is 0 Å². The van der Waals surface area contributed by atoms with Crippen LogP contribution in [0.4, 0.5) is 0 Å². The van der Waals surface area contributed by atoms with Gasteiger partial charge < -0.3 is 25.2 Å². The molecule has 6 heteroatoms. The molecule has 1 aliphatic rings. The molecular formula is C6H11ClO5. The lowest BCUT2D eigenvalue weighted by Gasteiger charge is -2.37. The summed E-state index contributed by atoms with van der Waals surface area (Å²) in [6.07, 6.45) is -4.89. The summed E-state index contributed by atoms with van der Waals surface area (Å²) in [6.45, 7) is -0.450. The number of aliphatic hydroxyl groups is 4. The van der Waals surface area contributed by atoms with E-state index in [9.17, 15) is 5.11 Å². The average Bonchev–Trinajstić information content (AvgIpc) is 2.08. The van der Waals surface area contributed by atoms with Crippen molar-refractivity contribution in [1.29, 1.82) is 0 Å². The third kappa shape index (κ3) is 1.71. The van der Waals surface area contributed by atoms with Crippen LogP contribution in [0, 0.1) is 0 Å². The van der Waals surface area contributed by atoms with E-state index >= 15 is 0 Å². The largest absolute Gasteiger partial charge is 0.394 e. The van der Waals surface area contributed by atoms with E-state index in [1.807, 2.05) is 0 Å². The van der Waals surface area contributed by atoms with Gasteiger partial charge in [-0.05, 0) is 0 Å². The van der Waals surface area contributed by atoms with E-state index in [1.165, 1.54) is 0 Å².